The van der Waals surface area contributed by atoms with Crippen LogP contribution in [0, 0.1) is 0 Å². The highest BCUT2D eigenvalue weighted by Gasteiger charge is 2.33. The van der Waals surface area contributed by atoms with Crippen LogP contribution in [0.15, 0.2) is 83.8 Å². The number of nitrogens with zero attached hydrogens (tertiary/aromatic N) is 1. The van der Waals surface area contributed by atoms with Crippen LogP contribution in [0.2, 0.25) is 10.0 Å². The zero-order valence-electron chi connectivity index (χ0n) is 21.0. The number of thiophene rings is 1. The molecule has 5 rings (SSSR count). The summed E-state index contributed by atoms with van der Waals surface area (Å²) in [6, 6.07) is 21.7. The first-order chi connectivity index (χ1) is 19.2. The second-order valence-electron chi connectivity index (χ2n) is 9.14. The fourth-order valence-corrected chi connectivity index (χ4v) is 7.58. The predicted octanol–water partition coefficient (Wildman–Crippen LogP) is 4.89. The zero-order valence-corrected chi connectivity index (χ0v) is 24.2. The van der Waals surface area contributed by atoms with E-state index >= 15 is 0 Å². The molecule has 2 N–H and O–H groups in total. The van der Waals surface area contributed by atoms with Gasteiger partial charge in [0.05, 0.1) is 22.6 Å². The zero-order chi connectivity index (χ0) is 28.3. The number of sulfonamides is 1. The Bertz CT molecular complexity index is 1610. The highest BCUT2D eigenvalue weighted by molar-refractivity contribution is 7.89. The van der Waals surface area contributed by atoms with E-state index in [1.54, 1.807) is 30.3 Å². The number of hydrogen-bond donors (Lipinski definition) is 2. The van der Waals surface area contributed by atoms with Gasteiger partial charge >= 0.3 is 0 Å². The molecule has 1 unspecified atom stereocenters. The van der Waals surface area contributed by atoms with Gasteiger partial charge in [-0.2, -0.15) is 4.31 Å². The number of carbonyl (C=O) groups excluding carboxylic acids is 2. The van der Waals surface area contributed by atoms with Crippen LogP contribution in [0.4, 0.5) is 0 Å². The van der Waals surface area contributed by atoms with E-state index in [0.29, 0.717) is 15.5 Å². The summed E-state index contributed by atoms with van der Waals surface area (Å²) in [6.45, 7) is 0.354. The lowest BCUT2D eigenvalue weighted by Crippen LogP contribution is -2.50. The number of benzene rings is 3. The largest absolute Gasteiger partial charge is 0.374 e. The second kappa shape index (κ2) is 12.3. The summed E-state index contributed by atoms with van der Waals surface area (Å²) in [7, 11) is -3.90. The average Bonchev–Trinajstić information content (AvgIpc) is 3.40. The number of carbonyl (C=O) groups is 2. The molecule has 2 amide bonds. The molecular weight excluding hydrogens is 593 g/mol. The number of fused-ring (bicyclic) bond motifs is 1. The van der Waals surface area contributed by atoms with Gasteiger partial charge in [0.25, 0.3) is 5.91 Å². The second-order valence-corrected chi connectivity index (χ2v) is 13.0. The molecular formula is C28H25Cl2N3O5S2. The van der Waals surface area contributed by atoms with Crippen molar-refractivity contribution in [2.45, 2.75) is 17.0 Å². The molecule has 0 spiro atoms. The third-order valence-electron chi connectivity index (χ3n) is 6.44. The Morgan fingerprint density at radius 3 is 2.52 bits per heavy atom. The number of halogens is 2. The minimum absolute atomic E-state index is 0.0196. The van der Waals surface area contributed by atoms with Gasteiger partial charge in [0, 0.05) is 29.4 Å². The number of nitrogens with one attached hydrogen (secondary N) is 2. The summed E-state index contributed by atoms with van der Waals surface area (Å²) in [4.78, 5) is 27.0. The van der Waals surface area contributed by atoms with Gasteiger partial charge in [-0.15, -0.1) is 11.3 Å². The average molecular weight is 619 g/mol. The van der Waals surface area contributed by atoms with E-state index in [-0.39, 0.29) is 42.1 Å². The molecule has 0 bridgehead atoms. The minimum Gasteiger partial charge on any atom is -0.374 e. The van der Waals surface area contributed by atoms with Crippen LogP contribution >= 0.6 is 34.5 Å². The van der Waals surface area contributed by atoms with Crippen molar-refractivity contribution in [1.82, 2.24) is 14.9 Å². The maximum Gasteiger partial charge on any atom is 0.262 e. The number of ether oxygens (including phenoxy) is 1. The van der Waals surface area contributed by atoms with Crippen molar-refractivity contribution in [2.75, 3.05) is 26.2 Å². The van der Waals surface area contributed by atoms with Crippen molar-refractivity contribution < 1.29 is 22.7 Å². The molecule has 0 saturated carbocycles. The van der Waals surface area contributed by atoms with Crippen molar-refractivity contribution in [3.63, 3.8) is 0 Å². The van der Waals surface area contributed by atoms with Crippen molar-refractivity contribution in [2.24, 2.45) is 0 Å². The summed E-state index contributed by atoms with van der Waals surface area (Å²) < 4.78 is 34.5. The smallest absolute Gasteiger partial charge is 0.262 e. The van der Waals surface area contributed by atoms with Gasteiger partial charge in [0.15, 0.2) is 0 Å². The summed E-state index contributed by atoms with van der Waals surface area (Å²) >= 11 is 13.4. The summed E-state index contributed by atoms with van der Waals surface area (Å²) in [5.41, 5.74) is 0.612. The van der Waals surface area contributed by atoms with E-state index in [2.05, 4.69) is 10.6 Å². The maximum absolute atomic E-state index is 13.4. The van der Waals surface area contributed by atoms with Crippen LogP contribution in [-0.4, -0.2) is 56.9 Å². The SMILES string of the molecule is O=C(N[C@H](C(=O)NCC1CN(S(=O)(=O)c2ccc(Cl)cc2Cl)CCO1)c1ccccc1)c1cc2ccccc2s1. The van der Waals surface area contributed by atoms with Gasteiger partial charge in [0.2, 0.25) is 15.9 Å². The first kappa shape index (κ1) is 28.5. The number of morpholine rings is 1. The quantitative estimate of drug-likeness (QED) is 0.293. The molecule has 1 fully saturated rings. The van der Waals surface area contributed by atoms with Crippen molar-refractivity contribution in [3.8, 4) is 0 Å². The molecule has 1 aromatic heterocycles. The van der Waals surface area contributed by atoms with Gasteiger partial charge in [0.1, 0.15) is 10.9 Å². The topological polar surface area (TPSA) is 105 Å². The van der Waals surface area contributed by atoms with Gasteiger partial charge in [-0.05, 0) is 41.3 Å². The maximum atomic E-state index is 13.4. The Labute approximate surface area is 245 Å². The minimum atomic E-state index is -3.90. The standard InChI is InChI=1S/C28H25Cl2N3O5S2/c29-20-10-11-25(22(30)15-20)40(36,37)33-12-13-38-21(17-33)16-31-28(35)26(18-6-2-1-3-7-18)32-27(34)24-14-19-8-4-5-9-23(19)39-24/h1-11,14-15,21,26H,12-13,16-17H2,(H,31,35)(H,32,34)/t21?,26-/m0/s1. The number of amides is 2. The molecule has 2 atom stereocenters. The number of hydrogen-bond acceptors (Lipinski definition) is 6. The Balaban J connectivity index is 1.27. The normalized spacial score (nSPS) is 16.9. The Morgan fingerprint density at radius 2 is 1.77 bits per heavy atom. The van der Waals surface area contributed by atoms with Gasteiger partial charge in [-0.25, -0.2) is 8.42 Å². The van der Waals surface area contributed by atoms with E-state index in [1.165, 1.54) is 33.8 Å². The van der Waals surface area contributed by atoms with Crippen LogP contribution in [-0.2, 0) is 19.6 Å². The first-order valence-electron chi connectivity index (χ1n) is 12.4. The summed E-state index contributed by atoms with van der Waals surface area (Å²) in [5.74, 6) is -0.804. The van der Waals surface area contributed by atoms with Crippen LogP contribution < -0.4 is 10.6 Å². The molecule has 1 aliphatic rings. The molecule has 208 valence electrons. The third-order valence-corrected chi connectivity index (χ3v) is 10.1. The van der Waals surface area contributed by atoms with Crippen LogP contribution in [0.25, 0.3) is 10.1 Å². The van der Waals surface area contributed by atoms with Crippen molar-refractivity contribution >= 4 is 66.5 Å². The summed E-state index contributed by atoms with van der Waals surface area (Å²) in [6.07, 6.45) is -0.603. The summed E-state index contributed by atoms with van der Waals surface area (Å²) in [5, 5.41) is 6.99. The van der Waals surface area contributed by atoms with Gasteiger partial charge < -0.3 is 15.4 Å². The molecule has 0 aliphatic carbocycles. The molecule has 40 heavy (non-hydrogen) atoms. The fourth-order valence-electron chi connectivity index (χ4n) is 4.42. The predicted molar refractivity (Wildman–Crippen MR) is 156 cm³/mol. The van der Waals surface area contributed by atoms with Crippen LogP contribution in [0.3, 0.4) is 0 Å². The van der Waals surface area contributed by atoms with Crippen molar-refractivity contribution in [3.05, 3.63) is 99.3 Å². The lowest BCUT2D eigenvalue weighted by molar-refractivity contribution is -0.124. The highest BCUT2D eigenvalue weighted by Crippen LogP contribution is 2.29. The Hall–Kier alpha value is -2.99. The van der Waals surface area contributed by atoms with E-state index in [0.717, 1.165) is 10.1 Å². The van der Waals surface area contributed by atoms with Gasteiger partial charge in [-0.3, -0.25) is 9.59 Å². The van der Waals surface area contributed by atoms with E-state index in [1.807, 2.05) is 30.3 Å². The first-order valence-corrected chi connectivity index (χ1v) is 15.4. The van der Waals surface area contributed by atoms with E-state index in [4.69, 9.17) is 27.9 Å². The van der Waals surface area contributed by atoms with Gasteiger partial charge in [-0.1, -0.05) is 71.7 Å². The van der Waals surface area contributed by atoms with E-state index < -0.39 is 28.1 Å². The molecule has 3 aromatic carbocycles. The monoisotopic (exact) mass is 617 g/mol. The highest BCUT2D eigenvalue weighted by atomic mass is 35.5. The number of rotatable bonds is 8. The Kier molecular flexibility index (Phi) is 8.74. The third kappa shape index (κ3) is 6.33. The van der Waals surface area contributed by atoms with E-state index in [9.17, 15) is 18.0 Å². The molecule has 2 heterocycles. The lowest BCUT2D eigenvalue weighted by Gasteiger charge is -2.32. The molecule has 1 aliphatic heterocycles. The fraction of sp³-hybridized carbons (Fsp3) is 0.214. The Morgan fingerprint density at radius 1 is 1.02 bits per heavy atom. The molecule has 1 saturated heterocycles. The molecule has 8 nitrogen and oxygen atoms in total. The lowest BCUT2D eigenvalue weighted by atomic mass is 10.1. The molecule has 4 aromatic rings. The van der Waals surface area contributed by atoms with Crippen LogP contribution in [0.5, 0.6) is 0 Å². The molecule has 0 radical (unpaired) electrons. The van der Waals surface area contributed by atoms with Crippen LogP contribution in [0.1, 0.15) is 21.3 Å². The van der Waals surface area contributed by atoms with Crippen molar-refractivity contribution in [1.29, 1.82) is 0 Å². The molecule has 12 heteroatoms.